The van der Waals surface area contributed by atoms with E-state index in [1.165, 1.54) is 12.1 Å². The molecule has 0 amide bonds. The highest BCUT2D eigenvalue weighted by atomic mass is 32.1. The Balaban J connectivity index is 1.71. The lowest BCUT2D eigenvalue weighted by molar-refractivity contribution is 0.560. The van der Waals surface area contributed by atoms with E-state index >= 15 is 0 Å². The minimum absolute atomic E-state index is 0.278. The first-order chi connectivity index (χ1) is 11.5. The Labute approximate surface area is 143 Å². The number of aryl methyl sites for hydroxylation is 1. The van der Waals surface area contributed by atoms with Gasteiger partial charge in [-0.05, 0) is 42.9 Å². The van der Waals surface area contributed by atoms with Crippen LogP contribution in [-0.2, 0) is 6.54 Å². The molecular formula is C18H15FN2O2S. The van der Waals surface area contributed by atoms with Gasteiger partial charge in [0, 0.05) is 35.3 Å². The molecule has 0 unspecified atom stereocenters. The molecule has 0 aliphatic heterocycles. The molecule has 122 valence electrons. The van der Waals surface area contributed by atoms with Crippen molar-refractivity contribution in [3.8, 4) is 0 Å². The summed E-state index contributed by atoms with van der Waals surface area (Å²) in [7, 11) is 0. The number of benzene rings is 2. The molecule has 1 heterocycles. The molecule has 6 heteroatoms. The Morgan fingerprint density at radius 2 is 2.00 bits per heavy atom. The fourth-order valence-corrected chi connectivity index (χ4v) is 2.59. The minimum atomic E-state index is -0.391. The van der Waals surface area contributed by atoms with Crippen molar-refractivity contribution in [3.05, 3.63) is 75.9 Å². The van der Waals surface area contributed by atoms with Crippen molar-refractivity contribution in [3.63, 3.8) is 0 Å². The van der Waals surface area contributed by atoms with Crippen LogP contribution in [0.5, 0.6) is 0 Å². The van der Waals surface area contributed by atoms with Crippen LogP contribution >= 0.6 is 12.2 Å². The first-order valence-electron chi connectivity index (χ1n) is 7.36. The maximum Gasteiger partial charge on any atom is 0.336 e. The van der Waals surface area contributed by atoms with Crippen LogP contribution in [0.3, 0.4) is 0 Å². The molecule has 0 spiro atoms. The molecule has 0 aliphatic carbocycles. The van der Waals surface area contributed by atoms with Crippen LogP contribution < -0.4 is 16.3 Å². The maximum atomic E-state index is 13.6. The van der Waals surface area contributed by atoms with Gasteiger partial charge in [0.1, 0.15) is 11.4 Å². The zero-order valence-corrected chi connectivity index (χ0v) is 13.7. The van der Waals surface area contributed by atoms with E-state index in [-0.39, 0.29) is 12.4 Å². The van der Waals surface area contributed by atoms with E-state index in [1.807, 2.05) is 19.1 Å². The number of halogens is 1. The van der Waals surface area contributed by atoms with Gasteiger partial charge in [0.05, 0.1) is 0 Å². The zero-order chi connectivity index (χ0) is 17.1. The SMILES string of the molecule is Cc1cc(=O)oc2cc(NC(=S)NCc3ccccc3F)ccc12. The second kappa shape index (κ2) is 6.80. The Bertz CT molecular complexity index is 969. The van der Waals surface area contributed by atoms with Crippen molar-refractivity contribution in [2.45, 2.75) is 13.5 Å². The molecule has 4 nitrogen and oxygen atoms in total. The topological polar surface area (TPSA) is 54.3 Å². The third-order valence-corrected chi connectivity index (χ3v) is 3.85. The summed E-state index contributed by atoms with van der Waals surface area (Å²) >= 11 is 5.22. The molecule has 2 aromatic carbocycles. The number of nitrogens with one attached hydrogen (secondary N) is 2. The fraction of sp³-hybridized carbons (Fsp3) is 0.111. The van der Waals surface area contributed by atoms with Crippen LogP contribution in [0.1, 0.15) is 11.1 Å². The van der Waals surface area contributed by atoms with Gasteiger partial charge in [-0.25, -0.2) is 9.18 Å². The molecule has 0 atom stereocenters. The fourth-order valence-electron chi connectivity index (χ4n) is 2.40. The highest BCUT2D eigenvalue weighted by Crippen LogP contribution is 2.20. The molecule has 0 fully saturated rings. The summed E-state index contributed by atoms with van der Waals surface area (Å²) in [4.78, 5) is 11.5. The van der Waals surface area contributed by atoms with Gasteiger partial charge in [-0.2, -0.15) is 0 Å². The van der Waals surface area contributed by atoms with Crippen molar-refractivity contribution >= 4 is 34.0 Å². The molecule has 0 aliphatic rings. The molecule has 3 aromatic rings. The maximum absolute atomic E-state index is 13.6. The van der Waals surface area contributed by atoms with Gasteiger partial charge >= 0.3 is 5.63 Å². The van der Waals surface area contributed by atoms with E-state index in [2.05, 4.69) is 10.6 Å². The number of rotatable bonds is 3. The Morgan fingerprint density at radius 1 is 1.21 bits per heavy atom. The van der Waals surface area contributed by atoms with E-state index in [9.17, 15) is 9.18 Å². The molecule has 1 aromatic heterocycles. The quantitative estimate of drug-likeness (QED) is 0.561. The van der Waals surface area contributed by atoms with Crippen LogP contribution in [0.4, 0.5) is 10.1 Å². The van der Waals surface area contributed by atoms with E-state index in [0.717, 1.165) is 10.9 Å². The lowest BCUT2D eigenvalue weighted by Crippen LogP contribution is -2.28. The highest BCUT2D eigenvalue weighted by Gasteiger charge is 2.05. The lowest BCUT2D eigenvalue weighted by Gasteiger charge is -2.11. The predicted octanol–water partition coefficient (Wildman–Crippen LogP) is 3.73. The van der Waals surface area contributed by atoms with Crippen LogP contribution in [0, 0.1) is 12.7 Å². The summed E-state index contributed by atoms with van der Waals surface area (Å²) in [6.07, 6.45) is 0. The third kappa shape index (κ3) is 3.60. The largest absolute Gasteiger partial charge is 0.423 e. The number of hydrogen-bond donors (Lipinski definition) is 2. The van der Waals surface area contributed by atoms with Gasteiger partial charge in [0.15, 0.2) is 5.11 Å². The highest BCUT2D eigenvalue weighted by molar-refractivity contribution is 7.80. The lowest BCUT2D eigenvalue weighted by atomic mass is 10.1. The number of thiocarbonyl (C=S) groups is 1. The van der Waals surface area contributed by atoms with Crippen molar-refractivity contribution in [2.24, 2.45) is 0 Å². The van der Waals surface area contributed by atoms with Gasteiger partial charge in [-0.1, -0.05) is 18.2 Å². The average molecular weight is 342 g/mol. The van der Waals surface area contributed by atoms with Crippen LogP contribution in [0.15, 0.2) is 57.7 Å². The first kappa shape index (κ1) is 16.1. The van der Waals surface area contributed by atoms with Crippen LogP contribution in [0.25, 0.3) is 11.0 Å². The van der Waals surface area contributed by atoms with Crippen molar-refractivity contribution in [1.82, 2.24) is 5.32 Å². The molecule has 0 saturated carbocycles. The van der Waals surface area contributed by atoms with Crippen LogP contribution in [-0.4, -0.2) is 5.11 Å². The number of fused-ring (bicyclic) bond motifs is 1. The summed E-state index contributed by atoms with van der Waals surface area (Å²) in [6, 6.07) is 13.4. The Morgan fingerprint density at radius 3 is 2.79 bits per heavy atom. The van der Waals surface area contributed by atoms with Crippen molar-refractivity contribution in [2.75, 3.05) is 5.32 Å². The molecule has 3 rings (SSSR count). The second-order valence-corrected chi connectivity index (χ2v) is 5.77. The van der Waals surface area contributed by atoms with Crippen molar-refractivity contribution < 1.29 is 8.81 Å². The molecule has 0 radical (unpaired) electrons. The molecule has 24 heavy (non-hydrogen) atoms. The number of anilines is 1. The Hall–Kier alpha value is -2.73. The van der Waals surface area contributed by atoms with Gasteiger partial charge < -0.3 is 15.1 Å². The Kier molecular flexibility index (Phi) is 4.57. The second-order valence-electron chi connectivity index (χ2n) is 5.36. The zero-order valence-electron chi connectivity index (χ0n) is 12.9. The van der Waals surface area contributed by atoms with E-state index in [4.69, 9.17) is 16.6 Å². The monoisotopic (exact) mass is 342 g/mol. The minimum Gasteiger partial charge on any atom is -0.423 e. The summed E-state index contributed by atoms with van der Waals surface area (Å²) in [5, 5.41) is 7.17. The third-order valence-electron chi connectivity index (χ3n) is 3.61. The van der Waals surface area contributed by atoms with E-state index in [0.29, 0.717) is 21.9 Å². The van der Waals surface area contributed by atoms with E-state index in [1.54, 1.807) is 24.3 Å². The van der Waals surface area contributed by atoms with Gasteiger partial charge in [0.25, 0.3) is 0 Å². The standard InChI is InChI=1S/C18H15FN2O2S/c1-11-8-17(22)23-16-9-13(6-7-14(11)16)21-18(24)20-10-12-4-2-3-5-15(12)19/h2-9H,10H2,1H3,(H2,20,21,24). The summed E-state index contributed by atoms with van der Waals surface area (Å²) in [5.41, 5.74) is 2.16. The summed E-state index contributed by atoms with van der Waals surface area (Å²) in [6.45, 7) is 2.13. The summed E-state index contributed by atoms with van der Waals surface area (Å²) in [5.74, 6) is -0.282. The number of hydrogen-bond acceptors (Lipinski definition) is 3. The predicted molar refractivity (Wildman–Crippen MR) is 96.7 cm³/mol. The summed E-state index contributed by atoms with van der Waals surface area (Å²) < 4.78 is 18.8. The average Bonchev–Trinajstić information content (AvgIpc) is 2.53. The molecule has 0 saturated heterocycles. The van der Waals surface area contributed by atoms with Crippen molar-refractivity contribution in [1.29, 1.82) is 0 Å². The van der Waals surface area contributed by atoms with Gasteiger partial charge in [-0.15, -0.1) is 0 Å². The normalized spacial score (nSPS) is 10.6. The molecule has 0 bridgehead atoms. The molecular weight excluding hydrogens is 327 g/mol. The van der Waals surface area contributed by atoms with E-state index < -0.39 is 5.63 Å². The van der Waals surface area contributed by atoms with Gasteiger partial charge in [0.2, 0.25) is 0 Å². The smallest absolute Gasteiger partial charge is 0.336 e. The van der Waals surface area contributed by atoms with Gasteiger partial charge in [-0.3, -0.25) is 0 Å². The van der Waals surface area contributed by atoms with Crippen LogP contribution in [0.2, 0.25) is 0 Å². The molecule has 2 N–H and O–H groups in total. The first-order valence-corrected chi connectivity index (χ1v) is 7.76.